The van der Waals surface area contributed by atoms with E-state index in [2.05, 4.69) is 21.6 Å². The summed E-state index contributed by atoms with van der Waals surface area (Å²) in [7, 11) is -0.632. The van der Waals surface area contributed by atoms with E-state index in [1.54, 1.807) is 0 Å². The van der Waals surface area contributed by atoms with Gasteiger partial charge in [0, 0.05) is 38.9 Å². The van der Waals surface area contributed by atoms with Gasteiger partial charge in [-0.25, -0.2) is 9.97 Å². The number of aryl methyl sites for hydroxylation is 2. The van der Waals surface area contributed by atoms with E-state index >= 15 is 0 Å². The van der Waals surface area contributed by atoms with Crippen LogP contribution in [0.2, 0.25) is 0 Å². The number of β-amino-alcohol motifs (C(OH)–C–C–N with tert-alkyl or cyclic N) is 1. The van der Waals surface area contributed by atoms with Crippen LogP contribution in [-0.4, -0.2) is 67.1 Å². The maximum absolute atomic E-state index is 11.9. The average Bonchev–Trinajstić information content (AvgIpc) is 2.48. The zero-order chi connectivity index (χ0) is 17.9. The van der Waals surface area contributed by atoms with Crippen molar-refractivity contribution >= 4 is 16.0 Å². The Balaban J connectivity index is 2.08. The Kier molecular flexibility index (Phi) is 6.13. The van der Waals surface area contributed by atoms with Crippen molar-refractivity contribution in [1.29, 1.82) is 0 Å². The van der Waals surface area contributed by atoms with Gasteiger partial charge in [0.25, 0.3) is 10.2 Å². The van der Waals surface area contributed by atoms with E-state index in [0.717, 1.165) is 28.7 Å². The first kappa shape index (κ1) is 19.0. The maximum atomic E-state index is 11.9. The minimum absolute atomic E-state index is 0.336. The van der Waals surface area contributed by atoms with Gasteiger partial charge in [-0.15, -0.1) is 0 Å². The number of hydrogen-bond donors (Lipinski definition) is 2. The molecule has 2 heterocycles. The molecule has 2 rings (SSSR count). The van der Waals surface area contributed by atoms with E-state index in [1.165, 1.54) is 14.1 Å². The predicted molar refractivity (Wildman–Crippen MR) is 93.1 cm³/mol. The number of anilines is 1. The minimum atomic E-state index is -3.55. The standard InChI is InChI=1S/C15H27N5O3S/c1-5-6-12-9-15(17-11(2)16-12)20-8-7-13(14(21)10-20)18-24(22,23)19(3)4/h9,13-14,18,21H,5-8,10H2,1-4H3/t13-,14-/m0/s1. The first-order valence-electron chi connectivity index (χ1n) is 8.20. The molecule has 1 saturated heterocycles. The molecule has 0 unspecified atom stereocenters. The maximum Gasteiger partial charge on any atom is 0.279 e. The summed E-state index contributed by atoms with van der Waals surface area (Å²) in [4.78, 5) is 10.9. The zero-order valence-corrected chi connectivity index (χ0v) is 15.5. The Hall–Kier alpha value is -1.29. The first-order valence-corrected chi connectivity index (χ1v) is 9.64. The Morgan fingerprint density at radius 2 is 2.12 bits per heavy atom. The summed E-state index contributed by atoms with van der Waals surface area (Å²) in [6.07, 6.45) is 1.61. The lowest BCUT2D eigenvalue weighted by Crippen LogP contribution is -2.56. The number of aliphatic hydroxyl groups is 1. The molecular weight excluding hydrogens is 330 g/mol. The molecule has 1 aliphatic rings. The van der Waals surface area contributed by atoms with Crippen molar-refractivity contribution in [2.24, 2.45) is 0 Å². The van der Waals surface area contributed by atoms with Crippen LogP contribution in [0.4, 0.5) is 5.82 Å². The zero-order valence-electron chi connectivity index (χ0n) is 14.7. The summed E-state index contributed by atoms with van der Waals surface area (Å²) in [5.74, 6) is 1.50. The predicted octanol–water partition coefficient (Wildman–Crippen LogP) is 0.0731. The van der Waals surface area contributed by atoms with Crippen molar-refractivity contribution in [1.82, 2.24) is 19.0 Å². The van der Waals surface area contributed by atoms with Crippen molar-refractivity contribution in [2.45, 2.75) is 45.3 Å². The van der Waals surface area contributed by atoms with Crippen molar-refractivity contribution < 1.29 is 13.5 Å². The lowest BCUT2D eigenvalue weighted by molar-refractivity contribution is 0.123. The minimum Gasteiger partial charge on any atom is -0.390 e. The summed E-state index contributed by atoms with van der Waals surface area (Å²) < 4.78 is 27.5. The molecule has 1 aliphatic heterocycles. The summed E-state index contributed by atoms with van der Waals surface area (Å²) in [6, 6.07) is 1.46. The molecule has 0 aromatic carbocycles. The lowest BCUT2D eigenvalue weighted by Gasteiger charge is -2.37. The number of hydrogen-bond acceptors (Lipinski definition) is 6. The molecule has 0 spiro atoms. The number of piperidine rings is 1. The summed E-state index contributed by atoms with van der Waals surface area (Å²) in [5.41, 5.74) is 0.991. The van der Waals surface area contributed by atoms with E-state index in [1.807, 2.05) is 17.9 Å². The Morgan fingerprint density at radius 3 is 2.71 bits per heavy atom. The molecular formula is C15H27N5O3S. The highest BCUT2D eigenvalue weighted by Crippen LogP contribution is 2.20. The summed E-state index contributed by atoms with van der Waals surface area (Å²) >= 11 is 0. The van der Waals surface area contributed by atoms with Gasteiger partial charge >= 0.3 is 0 Å². The van der Waals surface area contributed by atoms with Gasteiger partial charge in [0.1, 0.15) is 11.6 Å². The lowest BCUT2D eigenvalue weighted by atomic mass is 10.0. The fourth-order valence-electron chi connectivity index (χ4n) is 2.73. The quantitative estimate of drug-likeness (QED) is 0.748. The van der Waals surface area contributed by atoms with Crippen molar-refractivity contribution in [3.63, 3.8) is 0 Å². The molecule has 1 fully saturated rings. The van der Waals surface area contributed by atoms with Crippen LogP contribution in [0.3, 0.4) is 0 Å². The number of aromatic nitrogens is 2. The highest BCUT2D eigenvalue weighted by molar-refractivity contribution is 7.87. The second-order valence-electron chi connectivity index (χ2n) is 6.33. The van der Waals surface area contributed by atoms with Crippen LogP contribution < -0.4 is 9.62 Å². The molecule has 0 amide bonds. The van der Waals surface area contributed by atoms with Crippen LogP contribution in [0.1, 0.15) is 31.3 Å². The number of nitrogens with zero attached hydrogens (tertiary/aromatic N) is 4. The highest BCUT2D eigenvalue weighted by atomic mass is 32.2. The van der Waals surface area contributed by atoms with Gasteiger partial charge in [-0.2, -0.15) is 17.4 Å². The van der Waals surface area contributed by atoms with Gasteiger partial charge in [0.2, 0.25) is 0 Å². The summed E-state index contributed by atoms with van der Waals surface area (Å²) in [5, 5.41) is 10.4. The number of nitrogens with one attached hydrogen (secondary N) is 1. The van der Waals surface area contributed by atoms with Crippen LogP contribution in [-0.2, 0) is 16.6 Å². The molecule has 2 atom stereocenters. The topological polar surface area (TPSA) is 98.7 Å². The normalized spacial score (nSPS) is 22.2. The van der Waals surface area contributed by atoms with Gasteiger partial charge < -0.3 is 10.0 Å². The van der Waals surface area contributed by atoms with Crippen LogP contribution in [0.15, 0.2) is 6.07 Å². The molecule has 0 radical (unpaired) electrons. The molecule has 0 saturated carbocycles. The van der Waals surface area contributed by atoms with Gasteiger partial charge in [-0.05, 0) is 19.8 Å². The van der Waals surface area contributed by atoms with Crippen LogP contribution >= 0.6 is 0 Å². The van der Waals surface area contributed by atoms with Crippen molar-refractivity contribution in [3.8, 4) is 0 Å². The monoisotopic (exact) mass is 357 g/mol. The summed E-state index contributed by atoms with van der Waals surface area (Å²) in [6.45, 7) is 4.92. The molecule has 0 bridgehead atoms. The van der Waals surface area contributed by atoms with Gasteiger partial charge in [0.15, 0.2) is 0 Å². The molecule has 2 N–H and O–H groups in total. The number of aliphatic hydroxyl groups excluding tert-OH is 1. The SMILES string of the molecule is CCCc1cc(N2CC[C@H](NS(=O)(=O)N(C)C)[C@@H](O)C2)nc(C)n1. The molecule has 9 heteroatoms. The van der Waals surface area contributed by atoms with E-state index in [-0.39, 0.29) is 0 Å². The van der Waals surface area contributed by atoms with Crippen LogP contribution in [0.25, 0.3) is 0 Å². The fraction of sp³-hybridized carbons (Fsp3) is 0.733. The smallest absolute Gasteiger partial charge is 0.279 e. The molecule has 24 heavy (non-hydrogen) atoms. The first-order chi connectivity index (χ1) is 11.2. The van der Waals surface area contributed by atoms with Gasteiger partial charge in [0.05, 0.1) is 12.1 Å². The molecule has 1 aromatic rings. The number of rotatable bonds is 6. The van der Waals surface area contributed by atoms with Crippen molar-refractivity contribution in [3.05, 3.63) is 17.6 Å². The molecule has 8 nitrogen and oxygen atoms in total. The van der Waals surface area contributed by atoms with Gasteiger partial charge in [-0.3, -0.25) is 0 Å². The molecule has 0 aliphatic carbocycles. The van der Waals surface area contributed by atoms with E-state index < -0.39 is 22.4 Å². The Bertz CT molecular complexity index is 665. The van der Waals surface area contributed by atoms with E-state index in [9.17, 15) is 13.5 Å². The second-order valence-corrected chi connectivity index (χ2v) is 8.24. The van der Waals surface area contributed by atoms with Crippen LogP contribution in [0, 0.1) is 6.92 Å². The fourth-order valence-corrected chi connectivity index (χ4v) is 3.60. The third-order valence-electron chi connectivity index (χ3n) is 4.07. The largest absolute Gasteiger partial charge is 0.390 e. The Labute approximate surface area is 144 Å². The van der Waals surface area contributed by atoms with E-state index in [4.69, 9.17) is 0 Å². The third kappa shape index (κ3) is 4.62. The third-order valence-corrected chi connectivity index (χ3v) is 5.63. The van der Waals surface area contributed by atoms with Crippen molar-refractivity contribution in [2.75, 3.05) is 32.1 Å². The van der Waals surface area contributed by atoms with Gasteiger partial charge in [-0.1, -0.05) is 13.3 Å². The molecule has 136 valence electrons. The second kappa shape index (κ2) is 7.73. The van der Waals surface area contributed by atoms with Crippen LogP contribution in [0.5, 0.6) is 0 Å². The highest BCUT2D eigenvalue weighted by Gasteiger charge is 2.32. The van der Waals surface area contributed by atoms with E-state index in [0.29, 0.717) is 25.3 Å². The Morgan fingerprint density at radius 1 is 1.42 bits per heavy atom. The molecule has 1 aromatic heterocycles. The average molecular weight is 357 g/mol.